The van der Waals surface area contributed by atoms with Crippen molar-refractivity contribution in [2.24, 2.45) is 0 Å². The first-order chi connectivity index (χ1) is 8.61. The van der Waals surface area contributed by atoms with Crippen LogP contribution in [-0.2, 0) is 4.79 Å². The van der Waals surface area contributed by atoms with Gasteiger partial charge in [-0.05, 0) is 18.2 Å². The van der Waals surface area contributed by atoms with Crippen molar-refractivity contribution in [1.82, 2.24) is 4.90 Å². The summed E-state index contributed by atoms with van der Waals surface area (Å²) in [5.41, 5.74) is 7.47. The van der Waals surface area contributed by atoms with E-state index in [2.05, 4.69) is 4.90 Å². The molecule has 2 N–H and O–H groups in total. The molecule has 98 valence electrons. The molecule has 0 aromatic heterocycles. The number of nitrogens with two attached hydrogens (primary N) is 1. The number of halogens is 1. The average molecular weight is 268 g/mol. The van der Waals surface area contributed by atoms with Gasteiger partial charge in [0.25, 0.3) is 0 Å². The molecule has 5 heteroatoms. The Balaban J connectivity index is 2.01. The van der Waals surface area contributed by atoms with Crippen molar-refractivity contribution < 1.29 is 4.79 Å². The number of amides is 1. The van der Waals surface area contributed by atoms with Crippen LogP contribution >= 0.6 is 11.6 Å². The van der Waals surface area contributed by atoms with Gasteiger partial charge in [-0.2, -0.15) is 0 Å². The fraction of sp³-hybridized carbons (Fsp3) is 0.462. The molecule has 0 aliphatic carbocycles. The van der Waals surface area contributed by atoms with Crippen LogP contribution in [-0.4, -0.2) is 37.0 Å². The fourth-order valence-electron chi connectivity index (χ4n) is 2.17. The van der Waals surface area contributed by atoms with E-state index in [9.17, 15) is 4.79 Å². The molecule has 1 aliphatic heterocycles. The molecule has 1 aromatic carbocycles. The van der Waals surface area contributed by atoms with Crippen molar-refractivity contribution in [2.75, 3.05) is 36.8 Å². The summed E-state index contributed by atoms with van der Waals surface area (Å²) in [6.07, 6.45) is 0.577. The van der Waals surface area contributed by atoms with Gasteiger partial charge in [0.1, 0.15) is 0 Å². The van der Waals surface area contributed by atoms with E-state index in [0.717, 1.165) is 31.9 Å². The highest BCUT2D eigenvalue weighted by atomic mass is 35.5. The molecule has 2 rings (SSSR count). The van der Waals surface area contributed by atoms with Gasteiger partial charge in [-0.1, -0.05) is 18.5 Å². The van der Waals surface area contributed by atoms with Crippen molar-refractivity contribution in [2.45, 2.75) is 13.3 Å². The first-order valence-corrected chi connectivity index (χ1v) is 6.57. The maximum atomic E-state index is 11.6. The van der Waals surface area contributed by atoms with Crippen LogP contribution < -0.4 is 10.6 Å². The highest BCUT2D eigenvalue weighted by Gasteiger charge is 2.20. The van der Waals surface area contributed by atoms with Gasteiger partial charge < -0.3 is 15.5 Å². The summed E-state index contributed by atoms with van der Waals surface area (Å²) in [5.74, 6) is 0.227. The molecule has 0 radical (unpaired) electrons. The number of hydrogen-bond donors (Lipinski definition) is 1. The summed E-state index contributed by atoms with van der Waals surface area (Å²) in [7, 11) is 0. The normalized spacial score (nSPS) is 15.9. The predicted octanol–water partition coefficient (Wildman–Crippen LogP) is 1.98. The highest BCUT2D eigenvalue weighted by molar-refractivity contribution is 6.33. The van der Waals surface area contributed by atoms with Crippen molar-refractivity contribution in [3.05, 3.63) is 23.2 Å². The maximum absolute atomic E-state index is 11.6. The number of hydrogen-bond acceptors (Lipinski definition) is 3. The van der Waals surface area contributed by atoms with Crippen molar-refractivity contribution in [1.29, 1.82) is 0 Å². The molecular weight excluding hydrogens is 250 g/mol. The van der Waals surface area contributed by atoms with Gasteiger partial charge in [-0.3, -0.25) is 4.79 Å². The fourth-order valence-corrected chi connectivity index (χ4v) is 2.28. The van der Waals surface area contributed by atoms with E-state index in [0.29, 0.717) is 17.1 Å². The smallest absolute Gasteiger partial charge is 0.222 e. The number of nitrogen functional groups attached to an aromatic ring is 1. The van der Waals surface area contributed by atoms with Crippen molar-refractivity contribution in [3.8, 4) is 0 Å². The number of piperazine rings is 1. The summed E-state index contributed by atoms with van der Waals surface area (Å²) in [4.78, 5) is 15.7. The van der Waals surface area contributed by atoms with Gasteiger partial charge >= 0.3 is 0 Å². The lowest BCUT2D eigenvalue weighted by molar-refractivity contribution is -0.131. The highest BCUT2D eigenvalue weighted by Crippen LogP contribution is 2.25. The number of carbonyl (C=O) groups excluding carboxylic acids is 1. The zero-order chi connectivity index (χ0) is 13.1. The zero-order valence-corrected chi connectivity index (χ0v) is 11.3. The minimum absolute atomic E-state index is 0.227. The van der Waals surface area contributed by atoms with Gasteiger partial charge in [0, 0.05) is 38.3 Å². The van der Waals surface area contributed by atoms with Crippen molar-refractivity contribution >= 4 is 28.9 Å². The van der Waals surface area contributed by atoms with E-state index in [4.69, 9.17) is 17.3 Å². The Labute approximate surface area is 112 Å². The molecule has 1 heterocycles. The van der Waals surface area contributed by atoms with Crippen molar-refractivity contribution in [3.63, 3.8) is 0 Å². The topological polar surface area (TPSA) is 49.6 Å². The van der Waals surface area contributed by atoms with Crippen LogP contribution in [0.5, 0.6) is 0 Å². The number of anilines is 2. The summed E-state index contributed by atoms with van der Waals surface area (Å²) in [5, 5.41) is 0.582. The summed E-state index contributed by atoms with van der Waals surface area (Å²) in [6, 6.07) is 5.67. The maximum Gasteiger partial charge on any atom is 0.222 e. The molecule has 1 fully saturated rings. The van der Waals surface area contributed by atoms with Gasteiger partial charge in [0.15, 0.2) is 0 Å². The van der Waals surface area contributed by atoms with Gasteiger partial charge in [-0.25, -0.2) is 0 Å². The molecule has 1 aromatic rings. The molecule has 1 saturated heterocycles. The minimum atomic E-state index is 0.227. The van der Waals surface area contributed by atoms with E-state index in [1.54, 1.807) is 0 Å². The standard InChI is InChI=1S/C13H18ClN3O/c1-2-13(18)17-7-5-16(6-8-17)10-3-4-11(14)12(15)9-10/h3-4,9H,2,5-8,15H2,1H3. The molecule has 0 spiro atoms. The molecule has 18 heavy (non-hydrogen) atoms. The predicted molar refractivity (Wildman–Crippen MR) is 74.9 cm³/mol. The Morgan fingerprint density at radius 3 is 2.56 bits per heavy atom. The number of nitrogens with zero attached hydrogens (tertiary/aromatic N) is 2. The van der Waals surface area contributed by atoms with Crippen LogP contribution in [0.25, 0.3) is 0 Å². The van der Waals surface area contributed by atoms with Gasteiger partial charge in [0.2, 0.25) is 5.91 Å². The van der Waals surface area contributed by atoms with E-state index < -0.39 is 0 Å². The Morgan fingerprint density at radius 1 is 1.33 bits per heavy atom. The van der Waals surface area contributed by atoms with Crippen LogP contribution in [0.2, 0.25) is 5.02 Å². The average Bonchev–Trinajstić information content (AvgIpc) is 2.41. The Hall–Kier alpha value is -1.42. The first kappa shape index (κ1) is 13.0. The van der Waals surface area contributed by atoms with Gasteiger partial charge in [0.05, 0.1) is 10.7 Å². The van der Waals surface area contributed by atoms with Crippen LogP contribution in [0, 0.1) is 0 Å². The molecule has 0 unspecified atom stereocenters. The Bertz CT molecular complexity index is 442. The summed E-state index contributed by atoms with van der Waals surface area (Å²) >= 11 is 5.91. The third kappa shape index (κ3) is 2.70. The Kier molecular flexibility index (Phi) is 3.97. The molecule has 1 amide bonds. The van der Waals surface area contributed by atoms with Gasteiger partial charge in [-0.15, -0.1) is 0 Å². The largest absolute Gasteiger partial charge is 0.397 e. The number of carbonyl (C=O) groups is 1. The summed E-state index contributed by atoms with van der Waals surface area (Å²) in [6.45, 7) is 5.12. The second kappa shape index (κ2) is 5.48. The second-order valence-electron chi connectivity index (χ2n) is 4.43. The molecule has 0 bridgehead atoms. The van der Waals surface area contributed by atoms with E-state index in [-0.39, 0.29) is 5.91 Å². The third-order valence-electron chi connectivity index (χ3n) is 3.28. The molecule has 0 atom stereocenters. The lowest BCUT2D eigenvalue weighted by atomic mass is 10.2. The number of rotatable bonds is 2. The lowest BCUT2D eigenvalue weighted by Gasteiger charge is -2.36. The van der Waals surface area contributed by atoms with E-state index >= 15 is 0 Å². The molecular formula is C13H18ClN3O. The third-order valence-corrected chi connectivity index (χ3v) is 3.62. The van der Waals surface area contributed by atoms with Crippen LogP contribution in [0.4, 0.5) is 11.4 Å². The van der Waals surface area contributed by atoms with Crippen LogP contribution in [0.15, 0.2) is 18.2 Å². The van der Waals surface area contributed by atoms with Crippen LogP contribution in [0.1, 0.15) is 13.3 Å². The zero-order valence-electron chi connectivity index (χ0n) is 10.5. The monoisotopic (exact) mass is 267 g/mol. The lowest BCUT2D eigenvalue weighted by Crippen LogP contribution is -2.48. The quantitative estimate of drug-likeness (QED) is 0.834. The first-order valence-electron chi connectivity index (χ1n) is 6.19. The van der Waals surface area contributed by atoms with Crippen LogP contribution in [0.3, 0.4) is 0 Å². The molecule has 1 aliphatic rings. The number of benzene rings is 1. The molecule has 0 saturated carbocycles. The SMILES string of the molecule is CCC(=O)N1CCN(c2ccc(Cl)c(N)c2)CC1. The van der Waals surface area contributed by atoms with E-state index in [1.807, 2.05) is 30.0 Å². The Morgan fingerprint density at radius 2 is 2.00 bits per heavy atom. The second-order valence-corrected chi connectivity index (χ2v) is 4.83. The van der Waals surface area contributed by atoms with E-state index in [1.165, 1.54) is 0 Å². The summed E-state index contributed by atoms with van der Waals surface area (Å²) < 4.78 is 0. The minimum Gasteiger partial charge on any atom is -0.397 e. The molecule has 4 nitrogen and oxygen atoms in total.